The standard InChI is InChI=1S/C13H8ClF3N2O/c14-8-2-1-6(15)3-12(8)19-13(20)7-4-9(16)10(17)5-11(7)18/h1-5H,18H2,(H,19,20). The van der Waals surface area contributed by atoms with Crippen LogP contribution in [0.15, 0.2) is 30.3 Å². The SMILES string of the molecule is Nc1cc(F)c(F)cc1C(=O)Nc1cc(F)ccc1Cl. The average Bonchev–Trinajstić information content (AvgIpc) is 2.38. The third-order valence-electron chi connectivity index (χ3n) is 2.51. The van der Waals surface area contributed by atoms with E-state index < -0.39 is 23.4 Å². The molecule has 0 atom stereocenters. The fourth-order valence-corrected chi connectivity index (χ4v) is 1.71. The third-order valence-corrected chi connectivity index (χ3v) is 2.84. The molecule has 0 bridgehead atoms. The van der Waals surface area contributed by atoms with Gasteiger partial charge in [0.25, 0.3) is 5.91 Å². The summed E-state index contributed by atoms with van der Waals surface area (Å²) < 4.78 is 39.1. The van der Waals surface area contributed by atoms with Crippen molar-refractivity contribution in [2.75, 3.05) is 11.1 Å². The molecule has 2 rings (SSSR count). The van der Waals surface area contributed by atoms with Gasteiger partial charge in [-0.25, -0.2) is 13.2 Å². The molecule has 2 aromatic carbocycles. The van der Waals surface area contributed by atoms with Crippen molar-refractivity contribution in [1.29, 1.82) is 0 Å². The molecule has 0 fully saturated rings. The number of benzene rings is 2. The molecule has 0 radical (unpaired) electrons. The van der Waals surface area contributed by atoms with Gasteiger partial charge in [0.15, 0.2) is 11.6 Å². The third kappa shape index (κ3) is 2.85. The predicted molar refractivity (Wildman–Crippen MR) is 70.1 cm³/mol. The van der Waals surface area contributed by atoms with Crippen molar-refractivity contribution in [3.05, 3.63) is 58.4 Å². The Labute approximate surface area is 117 Å². The number of rotatable bonds is 2. The lowest BCUT2D eigenvalue weighted by Crippen LogP contribution is -2.15. The highest BCUT2D eigenvalue weighted by Gasteiger charge is 2.15. The molecule has 0 heterocycles. The quantitative estimate of drug-likeness (QED) is 0.833. The minimum Gasteiger partial charge on any atom is -0.398 e. The van der Waals surface area contributed by atoms with Gasteiger partial charge in [0.05, 0.1) is 16.3 Å². The zero-order valence-electron chi connectivity index (χ0n) is 9.88. The fraction of sp³-hybridized carbons (Fsp3) is 0. The first-order chi connectivity index (χ1) is 9.38. The first kappa shape index (κ1) is 14.2. The van der Waals surface area contributed by atoms with E-state index in [0.29, 0.717) is 12.1 Å². The summed E-state index contributed by atoms with van der Waals surface area (Å²) in [5, 5.41) is 2.37. The van der Waals surface area contributed by atoms with Gasteiger partial charge < -0.3 is 11.1 Å². The molecule has 0 aliphatic rings. The number of carbonyl (C=O) groups excluding carboxylic acids is 1. The number of nitrogen functional groups attached to an aromatic ring is 1. The van der Waals surface area contributed by atoms with Crippen molar-refractivity contribution in [3.63, 3.8) is 0 Å². The normalized spacial score (nSPS) is 10.4. The molecule has 7 heteroatoms. The monoisotopic (exact) mass is 300 g/mol. The van der Waals surface area contributed by atoms with Crippen molar-refractivity contribution in [3.8, 4) is 0 Å². The van der Waals surface area contributed by atoms with Crippen LogP contribution in [0.25, 0.3) is 0 Å². The molecule has 0 unspecified atom stereocenters. The van der Waals surface area contributed by atoms with Crippen LogP contribution in [0.4, 0.5) is 24.5 Å². The van der Waals surface area contributed by atoms with Crippen LogP contribution in [0.1, 0.15) is 10.4 Å². The number of nitrogens with one attached hydrogen (secondary N) is 1. The van der Waals surface area contributed by atoms with Crippen LogP contribution in [0.2, 0.25) is 5.02 Å². The van der Waals surface area contributed by atoms with Gasteiger partial charge >= 0.3 is 0 Å². The second-order valence-electron chi connectivity index (χ2n) is 3.93. The van der Waals surface area contributed by atoms with Crippen LogP contribution in [0.5, 0.6) is 0 Å². The van der Waals surface area contributed by atoms with E-state index in [1.165, 1.54) is 6.07 Å². The van der Waals surface area contributed by atoms with E-state index in [1.807, 2.05) is 0 Å². The zero-order chi connectivity index (χ0) is 14.9. The number of hydrogen-bond acceptors (Lipinski definition) is 2. The Hall–Kier alpha value is -2.21. The Bertz CT molecular complexity index is 692. The van der Waals surface area contributed by atoms with E-state index in [2.05, 4.69) is 5.32 Å². The Morgan fingerprint density at radius 1 is 1.10 bits per heavy atom. The van der Waals surface area contributed by atoms with Crippen LogP contribution in [-0.4, -0.2) is 5.91 Å². The summed E-state index contributed by atoms with van der Waals surface area (Å²) in [5.74, 6) is -3.81. The lowest BCUT2D eigenvalue weighted by atomic mass is 10.1. The summed E-state index contributed by atoms with van der Waals surface area (Å²) in [5.41, 5.74) is 4.92. The fourth-order valence-electron chi connectivity index (χ4n) is 1.54. The van der Waals surface area contributed by atoms with Crippen LogP contribution < -0.4 is 11.1 Å². The summed E-state index contributed by atoms with van der Waals surface area (Å²) >= 11 is 5.78. The number of nitrogens with two attached hydrogens (primary N) is 1. The number of anilines is 2. The first-order valence-corrected chi connectivity index (χ1v) is 5.77. The van der Waals surface area contributed by atoms with Crippen molar-refractivity contribution in [1.82, 2.24) is 0 Å². The summed E-state index contributed by atoms with van der Waals surface area (Å²) in [7, 11) is 0. The average molecular weight is 301 g/mol. The van der Waals surface area contributed by atoms with E-state index in [0.717, 1.165) is 12.1 Å². The maximum Gasteiger partial charge on any atom is 0.257 e. The molecule has 0 spiro atoms. The van der Waals surface area contributed by atoms with Crippen molar-refractivity contribution >= 4 is 28.9 Å². The van der Waals surface area contributed by atoms with E-state index in [4.69, 9.17) is 17.3 Å². The highest BCUT2D eigenvalue weighted by molar-refractivity contribution is 6.34. The lowest BCUT2D eigenvalue weighted by molar-refractivity contribution is 0.102. The van der Waals surface area contributed by atoms with Gasteiger partial charge in [0.2, 0.25) is 0 Å². The second-order valence-corrected chi connectivity index (χ2v) is 4.34. The summed E-state index contributed by atoms with van der Waals surface area (Å²) in [6, 6.07) is 4.71. The predicted octanol–water partition coefficient (Wildman–Crippen LogP) is 3.59. The van der Waals surface area contributed by atoms with Crippen LogP contribution in [0.3, 0.4) is 0 Å². The van der Waals surface area contributed by atoms with E-state index in [1.54, 1.807) is 0 Å². The molecule has 0 aromatic heterocycles. The number of amides is 1. The lowest BCUT2D eigenvalue weighted by Gasteiger charge is -2.09. The van der Waals surface area contributed by atoms with Crippen molar-refractivity contribution in [2.45, 2.75) is 0 Å². The molecular formula is C13H8ClF3N2O. The van der Waals surface area contributed by atoms with Crippen molar-refractivity contribution < 1.29 is 18.0 Å². The topological polar surface area (TPSA) is 55.1 Å². The number of hydrogen-bond donors (Lipinski definition) is 2. The maximum absolute atomic E-state index is 13.1. The molecule has 3 nitrogen and oxygen atoms in total. The maximum atomic E-state index is 13.1. The molecule has 104 valence electrons. The molecular weight excluding hydrogens is 293 g/mol. The minimum absolute atomic E-state index is 0.000741. The molecule has 2 aromatic rings. The van der Waals surface area contributed by atoms with Gasteiger partial charge in [-0.15, -0.1) is 0 Å². The van der Waals surface area contributed by atoms with Gasteiger partial charge in [-0.2, -0.15) is 0 Å². The Kier molecular flexibility index (Phi) is 3.85. The molecule has 0 saturated carbocycles. The molecule has 1 amide bonds. The summed E-state index contributed by atoms with van der Waals surface area (Å²) in [6.07, 6.45) is 0. The Morgan fingerprint density at radius 3 is 2.45 bits per heavy atom. The molecule has 3 N–H and O–H groups in total. The molecule has 20 heavy (non-hydrogen) atoms. The van der Waals surface area contributed by atoms with Gasteiger partial charge in [-0.05, 0) is 24.3 Å². The first-order valence-electron chi connectivity index (χ1n) is 5.39. The van der Waals surface area contributed by atoms with E-state index >= 15 is 0 Å². The molecule has 0 aliphatic heterocycles. The van der Waals surface area contributed by atoms with E-state index in [-0.39, 0.29) is 22.0 Å². The highest BCUT2D eigenvalue weighted by atomic mass is 35.5. The molecule has 0 aliphatic carbocycles. The zero-order valence-corrected chi connectivity index (χ0v) is 10.6. The Balaban J connectivity index is 2.33. The van der Waals surface area contributed by atoms with Crippen LogP contribution in [-0.2, 0) is 0 Å². The van der Waals surface area contributed by atoms with Gasteiger partial charge in [-0.3, -0.25) is 4.79 Å². The van der Waals surface area contributed by atoms with Crippen LogP contribution in [0, 0.1) is 17.5 Å². The number of halogens is 4. The van der Waals surface area contributed by atoms with Gasteiger partial charge in [-0.1, -0.05) is 11.6 Å². The second kappa shape index (κ2) is 5.42. The van der Waals surface area contributed by atoms with Gasteiger partial charge in [0.1, 0.15) is 5.82 Å². The van der Waals surface area contributed by atoms with E-state index in [9.17, 15) is 18.0 Å². The Morgan fingerprint density at radius 2 is 1.75 bits per heavy atom. The number of carbonyl (C=O) groups is 1. The van der Waals surface area contributed by atoms with Gasteiger partial charge in [0, 0.05) is 11.8 Å². The molecule has 0 saturated heterocycles. The smallest absolute Gasteiger partial charge is 0.257 e. The highest BCUT2D eigenvalue weighted by Crippen LogP contribution is 2.24. The van der Waals surface area contributed by atoms with Crippen molar-refractivity contribution in [2.24, 2.45) is 0 Å². The summed E-state index contributed by atoms with van der Waals surface area (Å²) in [6.45, 7) is 0. The largest absolute Gasteiger partial charge is 0.398 e. The minimum atomic E-state index is -1.21. The van der Waals surface area contributed by atoms with Crippen LogP contribution >= 0.6 is 11.6 Å². The summed E-state index contributed by atoms with van der Waals surface area (Å²) in [4.78, 5) is 11.9.